The zero-order valence-electron chi connectivity index (χ0n) is 12.2. The molecule has 1 aromatic carbocycles. The molecule has 0 aliphatic carbocycles. The molecule has 0 fully saturated rings. The van der Waals surface area contributed by atoms with E-state index in [1.165, 1.54) is 5.56 Å². The number of para-hydroxylation sites is 1. The van der Waals surface area contributed by atoms with Gasteiger partial charge in [-0.2, -0.15) is 0 Å². The molecular formula is C16H27NO. The van der Waals surface area contributed by atoms with Crippen molar-refractivity contribution in [2.45, 2.75) is 53.0 Å². The van der Waals surface area contributed by atoms with Crippen molar-refractivity contribution < 1.29 is 4.74 Å². The maximum Gasteiger partial charge on any atom is 0.122 e. The summed E-state index contributed by atoms with van der Waals surface area (Å²) < 4.78 is 5.76. The lowest BCUT2D eigenvalue weighted by Gasteiger charge is -2.27. The number of rotatable bonds is 6. The van der Waals surface area contributed by atoms with E-state index >= 15 is 0 Å². The molecule has 0 spiro atoms. The summed E-state index contributed by atoms with van der Waals surface area (Å²) in [6.07, 6.45) is 3.02. The highest BCUT2D eigenvalue weighted by atomic mass is 16.5. The first kappa shape index (κ1) is 15.0. The van der Waals surface area contributed by atoms with Crippen LogP contribution in [0.15, 0.2) is 24.3 Å². The molecule has 0 radical (unpaired) electrons. The third-order valence-corrected chi connectivity index (χ3v) is 3.27. The predicted molar refractivity (Wildman–Crippen MR) is 78.0 cm³/mol. The Hall–Kier alpha value is -1.02. The summed E-state index contributed by atoms with van der Waals surface area (Å²) in [4.78, 5) is 0. The summed E-state index contributed by atoms with van der Waals surface area (Å²) in [5, 5.41) is 0. The van der Waals surface area contributed by atoms with Crippen molar-refractivity contribution in [3.8, 4) is 5.75 Å². The molecule has 0 bridgehead atoms. The van der Waals surface area contributed by atoms with E-state index < -0.39 is 0 Å². The lowest BCUT2D eigenvalue weighted by Crippen LogP contribution is -2.35. The normalized spacial score (nSPS) is 13.4. The van der Waals surface area contributed by atoms with E-state index in [2.05, 4.69) is 39.8 Å². The molecule has 0 saturated carbocycles. The van der Waals surface area contributed by atoms with Gasteiger partial charge in [0.25, 0.3) is 0 Å². The summed E-state index contributed by atoms with van der Waals surface area (Å²) in [6.45, 7) is 9.48. The topological polar surface area (TPSA) is 35.2 Å². The average Bonchev–Trinajstić information content (AvgIpc) is 2.33. The van der Waals surface area contributed by atoms with Gasteiger partial charge in [-0.05, 0) is 36.3 Å². The molecule has 1 aromatic rings. The van der Waals surface area contributed by atoms with Gasteiger partial charge in [0.1, 0.15) is 5.75 Å². The summed E-state index contributed by atoms with van der Waals surface area (Å²) >= 11 is 0. The Kier molecular flexibility index (Phi) is 5.67. The Morgan fingerprint density at radius 2 is 1.89 bits per heavy atom. The third kappa shape index (κ3) is 4.69. The van der Waals surface area contributed by atoms with E-state index in [4.69, 9.17) is 10.5 Å². The monoisotopic (exact) mass is 249 g/mol. The van der Waals surface area contributed by atoms with Crippen LogP contribution in [0.5, 0.6) is 5.75 Å². The van der Waals surface area contributed by atoms with Gasteiger partial charge in [0.2, 0.25) is 0 Å². The first-order valence-corrected chi connectivity index (χ1v) is 6.91. The van der Waals surface area contributed by atoms with Crippen molar-refractivity contribution in [3.05, 3.63) is 29.8 Å². The zero-order chi connectivity index (χ0) is 13.6. The highest BCUT2D eigenvalue weighted by Crippen LogP contribution is 2.24. The average molecular weight is 249 g/mol. The van der Waals surface area contributed by atoms with Crippen molar-refractivity contribution in [2.24, 2.45) is 11.1 Å². The van der Waals surface area contributed by atoms with Gasteiger partial charge in [-0.25, -0.2) is 0 Å². The van der Waals surface area contributed by atoms with E-state index in [-0.39, 0.29) is 11.5 Å². The first-order chi connectivity index (χ1) is 8.45. The van der Waals surface area contributed by atoms with E-state index in [1.807, 2.05) is 12.1 Å². The van der Waals surface area contributed by atoms with Gasteiger partial charge in [0, 0.05) is 6.04 Å². The number of ether oxygens (including phenoxy) is 1. The van der Waals surface area contributed by atoms with Crippen LogP contribution in [0.2, 0.25) is 0 Å². The predicted octanol–water partition coefficient (Wildman–Crippen LogP) is 3.78. The minimum Gasteiger partial charge on any atom is -0.493 e. The number of hydrogen-bond acceptors (Lipinski definition) is 2. The second kappa shape index (κ2) is 6.79. The molecule has 102 valence electrons. The second-order valence-corrected chi connectivity index (χ2v) is 5.97. The first-order valence-electron chi connectivity index (χ1n) is 6.91. The highest BCUT2D eigenvalue weighted by Gasteiger charge is 2.20. The Morgan fingerprint density at radius 3 is 2.50 bits per heavy atom. The van der Waals surface area contributed by atoms with E-state index in [1.54, 1.807) is 0 Å². The van der Waals surface area contributed by atoms with Gasteiger partial charge in [0.15, 0.2) is 0 Å². The molecule has 0 aliphatic heterocycles. The van der Waals surface area contributed by atoms with Crippen LogP contribution in [0, 0.1) is 5.41 Å². The van der Waals surface area contributed by atoms with E-state index in [0.29, 0.717) is 0 Å². The number of hydrogen-bond donors (Lipinski definition) is 1. The fourth-order valence-corrected chi connectivity index (χ4v) is 1.81. The van der Waals surface area contributed by atoms with Crippen LogP contribution in [-0.2, 0) is 6.42 Å². The molecule has 1 unspecified atom stereocenters. The van der Waals surface area contributed by atoms with Gasteiger partial charge in [-0.1, -0.05) is 45.9 Å². The van der Waals surface area contributed by atoms with Crippen molar-refractivity contribution in [1.29, 1.82) is 0 Å². The summed E-state index contributed by atoms with van der Waals surface area (Å²) in [6, 6.07) is 8.50. The van der Waals surface area contributed by atoms with Gasteiger partial charge < -0.3 is 10.5 Å². The molecule has 1 atom stereocenters. The fraction of sp³-hybridized carbons (Fsp3) is 0.625. The standard InChI is InChI=1S/C16H27NO/c1-5-12-18-14-9-7-6-8-13(14)10-11-15(17)16(2,3)4/h6-9,15H,5,10-12,17H2,1-4H3. The van der Waals surface area contributed by atoms with Gasteiger partial charge >= 0.3 is 0 Å². The van der Waals surface area contributed by atoms with Gasteiger partial charge in [-0.15, -0.1) is 0 Å². The molecular weight excluding hydrogens is 222 g/mol. The smallest absolute Gasteiger partial charge is 0.122 e. The molecule has 2 nitrogen and oxygen atoms in total. The summed E-state index contributed by atoms with van der Waals surface area (Å²) in [7, 11) is 0. The SMILES string of the molecule is CCCOc1ccccc1CCC(N)C(C)(C)C. The largest absolute Gasteiger partial charge is 0.493 e. The van der Waals surface area contributed by atoms with Gasteiger partial charge in [0.05, 0.1) is 6.61 Å². The van der Waals surface area contributed by atoms with Crippen molar-refractivity contribution >= 4 is 0 Å². The molecule has 0 aliphatic rings. The van der Waals surface area contributed by atoms with Crippen LogP contribution in [-0.4, -0.2) is 12.6 Å². The van der Waals surface area contributed by atoms with Crippen LogP contribution in [0.1, 0.15) is 46.1 Å². The Bertz CT molecular complexity index is 354. The number of aryl methyl sites for hydroxylation is 1. The quantitative estimate of drug-likeness (QED) is 0.832. The van der Waals surface area contributed by atoms with E-state index in [0.717, 1.165) is 31.6 Å². The Labute approximate surface area is 112 Å². The molecule has 2 N–H and O–H groups in total. The fourth-order valence-electron chi connectivity index (χ4n) is 1.81. The highest BCUT2D eigenvalue weighted by molar-refractivity contribution is 5.33. The van der Waals surface area contributed by atoms with Crippen molar-refractivity contribution in [1.82, 2.24) is 0 Å². The molecule has 0 heterocycles. The van der Waals surface area contributed by atoms with E-state index in [9.17, 15) is 0 Å². The maximum atomic E-state index is 6.21. The zero-order valence-corrected chi connectivity index (χ0v) is 12.2. The molecule has 0 amide bonds. The molecule has 18 heavy (non-hydrogen) atoms. The summed E-state index contributed by atoms with van der Waals surface area (Å²) in [5.41, 5.74) is 7.64. The lowest BCUT2D eigenvalue weighted by atomic mass is 9.84. The third-order valence-electron chi connectivity index (χ3n) is 3.27. The number of nitrogens with two attached hydrogens (primary N) is 1. The Morgan fingerprint density at radius 1 is 1.22 bits per heavy atom. The van der Waals surface area contributed by atoms with Crippen molar-refractivity contribution in [2.75, 3.05) is 6.61 Å². The maximum absolute atomic E-state index is 6.21. The van der Waals surface area contributed by atoms with Crippen LogP contribution in [0.4, 0.5) is 0 Å². The molecule has 0 saturated heterocycles. The lowest BCUT2D eigenvalue weighted by molar-refractivity contribution is 0.298. The minimum atomic E-state index is 0.166. The van der Waals surface area contributed by atoms with Crippen LogP contribution >= 0.6 is 0 Å². The Balaban J connectivity index is 2.61. The molecule has 1 rings (SSSR count). The van der Waals surface area contributed by atoms with Crippen molar-refractivity contribution in [3.63, 3.8) is 0 Å². The molecule has 2 heteroatoms. The van der Waals surface area contributed by atoms with Crippen LogP contribution in [0.25, 0.3) is 0 Å². The minimum absolute atomic E-state index is 0.166. The van der Waals surface area contributed by atoms with Gasteiger partial charge in [-0.3, -0.25) is 0 Å². The van der Waals surface area contributed by atoms with Crippen LogP contribution < -0.4 is 10.5 Å². The molecule has 0 aromatic heterocycles. The summed E-state index contributed by atoms with van der Waals surface area (Å²) in [5.74, 6) is 1.01. The number of benzene rings is 1. The van der Waals surface area contributed by atoms with Crippen LogP contribution in [0.3, 0.4) is 0 Å². The second-order valence-electron chi connectivity index (χ2n) is 5.97.